The van der Waals surface area contributed by atoms with Crippen molar-refractivity contribution in [3.63, 3.8) is 0 Å². The minimum Gasteiger partial charge on any atom is -0.443 e. The van der Waals surface area contributed by atoms with Gasteiger partial charge in [-0.3, -0.25) is 9.78 Å². The lowest BCUT2D eigenvalue weighted by atomic mass is 9.80. The first-order chi connectivity index (χ1) is 18.3. The Kier molecular flexibility index (Phi) is 9.05. The minimum atomic E-state index is -5.00. The van der Waals surface area contributed by atoms with Gasteiger partial charge in [-0.15, -0.1) is 0 Å². The lowest BCUT2D eigenvalue weighted by Crippen LogP contribution is -2.50. The first kappa shape index (κ1) is 29.7. The molecule has 2 aromatic carbocycles. The van der Waals surface area contributed by atoms with Crippen molar-refractivity contribution in [3.8, 4) is 5.75 Å². The number of hydrogen-bond acceptors (Lipinski definition) is 5. The second-order valence-corrected chi connectivity index (χ2v) is 8.59. The van der Waals surface area contributed by atoms with Gasteiger partial charge in [0.25, 0.3) is 0 Å². The van der Waals surface area contributed by atoms with E-state index in [-0.39, 0.29) is 22.7 Å². The molecule has 1 atom stereocenters. The fourth-order valence-electron chi connectivity index (χ4n) is 3.53. The second-order valence-electron chi connectivity index (χ2n) is 8.15. The number of pyridine rings is 1. The Labute approximate surface area is 221 Å². The van der Waals surface area contributed by atoms with E-state index < -0.39 is 54.5 Å². The number of rotatable bonds is 11. The van der Waals surface area contributed by atoms with Gasteiger partial charge in [0.15, 0.2) is 12.9 Å². The third kappa shape index (κ3) is 7.59. The van der Waals surface area contributed by atoms with Crippen LogP contribution in [0.1, 0.15) is 16.8 Å². The lowest BCUT2D eigenvalue weighted by molar-refractivity contribution is -0.253. The molecule has 6 nitrogen and oxygen atoms in total. The highest BCUT2D eigenvalue weighted by Gasteiger charge is 2.45. The summed E-state index contributed by atoms with van der Waals surface area (Å²) in [6.45, 7) is -1.66. The Hall–Kier alpha value is -3.87. The van der Waals surface area contributed by atoms with Crippen LogP contribution in [0.4, 0.5) is 35.5 Å². The summed E-state index contributed by atoms with van der Waals surface area (Å²) < 4.78 is 103. The summed E-state index contributed by atoms with van der Waals surface area (Å²) in [5.41, 5.74) is -2.08. The van der Waals surface area contributed by atoms with Gasteiger partial charge in [0, 0.05) is 18.7 Å². The molecule has 1 heterocycles. The molecule has 0 radical (unpaired) electrons. The van der Waals surface area contributed by atoms with Crippen molar-refractivity contribution < 1.29 is 49.8 Å². The van der Waals surface area contributed by atoms with Gasteiger partial charge in [-0.1, -0.05) is 41.9 Å². The van der Waals surface area contributed by atoms with Gasteiger partial charge < -0.3 is 14.8 Å². The number of carbonyl (C=O) groups excluding carboxylic acids is 2. The molecule has 39 heavy (non-hydrogen) atoms. The van der Waals surface area contributed by atoms with Crippen molar-refractivity contribution in [1.29, 1.82) is 0 Å². The standard InChI is InChI=1S/C25H18ClF7N2O4/c26-17-6-7-20(34-12-17)24(11-15-4-2-1-3-5-15,35-22(37)38-14-23(30,31)13-36)16-8-18(27)10-19(9-16)39-25(32,33)21(28)29/h1-10,12-13,21H,11,14H2,(H,35,37)/t24-/m0/s1. The Bertz CT molecular complexity index is 1300. The zero-order valence-electron chi connectivity index (χ0n) is 19.5. The van der Waals surface area contributed by atoms with E-state index in [0.717, 1.165) is 18.3 Å². The highest BCUT2D eigenvalue weighted by atomic mass is 35.5. The van der Waals surface area contributed by atoms with Gasteiger partial charge in [0.1, 0.15) is 17.1 Å². The second kappa shape index (κ2) is 11.9. The fraction of sp³-hybridized carbons (Fsp3) is 0.240. The maximum atomic E-state index is 14.7. The van der Waals surface area contributed by atoms with Crippen molar-refractivity contribution in [2.24, 2.45) is 0 Å². The number of nitrogens with one attached hydrogen (secondary N) is 1. The lowest BCUT2D eigenvalue weighted by Gasteiger charge is -2.35. The fourth-order valence-corrected chi connectivity index (χ4v) is 3.64. The first-order valence-corrected chi connectivity index (χ1v) is 11.3. The summed E-state index contributed by atoms with van der Waals surface area (Å²) in [4.78, 5) is 27.4. The van der Waals surface area contributed by atoms with Crippen molar-refractivity contribution in [1.82, 2.24) is 10.3 Å². The van der Waals surface area contributed by atoms with E-state index in [1.807, 2.05) is 0 Å². The largest absolute Gasteiger partial charge is 0.461 e. The molecule has 0 aliphatic carbocycles. The summed E-state index contributed by atoms with van der Waals surface area (Å²) >= 11 is 5.92. The summed E-state index contributed by atoms with van der Waals surface area (Å²) in [7, 11) is 0. The third-order valence-electron chi connectivity index (χ3n) is 5.23. The monoisotopic (exact) mass is 578 g/mol. The normalized spacial score (nSPS) is 13.5. The molecule has 0 aliphatic rings. The molecule has 1 N–H and O–H groups in total. The van der Waals surface area contributed by atoms with Crippen molar-refractivity contribution >= 4 is 24.0 Å². The van der Waals surface area contributed by atoms with Crippen LogP contribution in [-0.2, 0) is 21.5 Å². The number of nitrogens with zero attached hydrogens (tertiary/aromatic N) is 1. The highest BCUT2D eigenvalue weighted by Crippen LogP contribution is 2.37. The average Bonchev–Trinajstić information content (AvgIpc) is 2.87. The zero-order valence-corrected chi connectivity index (χ0v) is 20.3. The number of aromatic nitrogens is 1. The SMILES string of the molecule is O=CC(F)(F)COC(=O)N[C@@](Cc1ccccc1)(c1cc(F)cc(OC(F)(F)C(F)F)c1)c1ccc(Cl)cn1. The van der Waals surface area contributed by atoms with Gasteiger partial charge in [-0.05, 0) is 35.4 Å². The molecule has 0 spiro atoms. The molecule has 3 rings (SSSR count). The number of ether oxygens (including phenoxy) is 2. The maximum absolute atomic E-state index is 14.7. The topological polar surface area (TPSA) is 77.5 Å². The van der Waals surface area contributed by atoms with E-state index in [9.17, 15) is 40.3 Å². The van der Waals surface area contributed by atoms with Gasteiger partial charge in [0.2, 0.25) is 0 Å². The van der Waals surface area contributed by atoms with Crippen LogP contribution in [0.25, 0.3) is 0 Å². The molecular weight excluding hydrogens is 561 g/mol. The summed E-state index contributed by atoms with van der Waals surface area (Å²) in [5.74, 6) is -6.30. The van der Waals surface area contributed by atoms with Gasteiger partial charge in [-0.25, -0.2) is 9.18 Å². The number of aldehydes is 1. The van der Waals surface area contributed by atoms with E-state index in [1.165, 1.54) is 12.1 Å². The number of halogens is 8. The van der Waals surface area contributed by atoms with Crippen LogP contribution >= 0.6 is 11.6 Å². The molecule has 0 saturated carbocycles. The van der Waals surface area contributed by atoms with Crippen LogP contribution in [-0.4, -0.2) is 42.4 Å². The number of hydrogen-bond donors (Lipinski definition) is 1. The van der Waals surface area contributed by atoms with Crippen LogP contribution < -0.4 is 10.1 Å². The Morgan fingerprint density at radius 2 is 1.74 bits per heavy atom. The van der Waals surface area contributed by atoms with E-state index in [1.54, 1.807) is 30.3 Å². The highest BCUT2D eigenvalue weighted by molar-refractivity contribution is 6.30. The van der Waals surface area contributed by atoms with Crippen LogP contribution in [0.3, 0.4) is 0 Å². The molecule has 3 aromatic rings. The summed E-state index contributed by atoms with van der Waals surface area (Å²) in [6.07, 6.45) is -10.7. The zero-order chi connectivity index (χ0) is 28.8. The number of amides is 1. The Morgan fingerprint density at radius 1 is 1.05 bits per heavy atom. The van der Waals surface area contributed by atoms with E-state index in [2.05, 4.69) is 19.8 Å². The van der Waals surface area contributed by atoms with Crippen molar-refractivity contribution in [2.45, 2.75) is 30.4 Å². The number of carbonyl (C=O) groups is 2. The Morgan fingerprint density at radius 3 is 2.33 bits per heavy atom. The molecule has 208 valence electrons. The molecule has 0 bridgehead atoms. The van der Waals surface area contributed by atoms with Crippen LogP contribution in [0.15, 0.2) is 66.9 Å². The molecule has 1 aromatic heterocycles. The maximum Gasteiger partial charge on any atom is 0.461 e. The molecule has 0 saturated heterocycles. The number of benzene rings is 2. The number of alkyl halides is 6. The Balaban J connectivity index is 2.21. The minimum absolute atomic E-state index is 0.105. The molecule has 0 unspecified atom stereocenters. The summed E-state index contributed by atoms with van der Waals surface area (Å²) in [5, 5.41) is 2.42. The van der Waals surface area contributed by atoms with E-state index >= 15 is 0 Å². The quantitative estimate of drug-likeness (QED) is 0.218. The van der Waals surface area contributed by atoms with Crippen LogP contribution in [0.5, 0.6) is 5.75 Å². The van der Waals surface area contributed by atoms with Crippen LogP contribution in [0.2, 0.25) is 5.02 Å². The molecule has 1 amide bonds. The molecular formula is C25H18ClF7N2O4. The average molecular weight is 579 g/mol. The summed E-state index contributed by atoms with van der Waals surface area (Å²) in [6, 6.07) is 12.5. The van der Waals surface area contributed by atoms with Gasteiger partial charge in [0.05, 0.1) is 10.7 Å². The third-order valence-corrected chi connectivity index (χ3v) is 5.46. The van der Waals surface area contributed by atoms with Gasteiger partial charge in [-0.2, -0.15) is 26.3 Å². The predicted octanol–water partition coefficient (Wildman–Crippen LogP) is 6.16. The van der Waals surface area contributed by atoms with E-state index in [4.69, 9.17) is 11.6 Å². The van der Waals surface area contributed by atoms with Crippen molar-refractivity contribution in [2.75, 3.05) is 6.61 Å². The van der Waals surface area contributed by atoms with Gasteiger partial charge >= 0.3 is 24.5 Å². The molecule has 0 aliphatic heterocycles. The van der Waals surface area contributed by atoms with Crippen molar-refractivity contribution in [3.05, 3.63) is 94.5 Å². The number of alkyl carbamates (subject to hydrolysis) is 1. The molecule has 0 fully saturated rings. The molecule has 14 heteroatoms. The van der Waals surface area contributed by atoms with Crippen LogP contribution in [0, 0.1) is 5.82 Å². The first-order valence-electron chi connectivity index (χ1n) is 10.9. The smallest absolute Gasteiger partial charge is 0.443 e. The van der Waals surface area contributed by atoms with E-state index in [0.29, 0.717) is 11.6 Å². The predicted molar refractivity (Wildman–Crippen MR) is 124 cm³/mol.